The highest BCUT2D eigenvalue weighted by Gasteiger charge is 2.33. The number of alkyl halides is 1. The molecule has 1 fully saturated rings. The number of hydrogen-bond donors (Lipinski definition) is 0. The number of para-hydroxylation sites is 1. The van der Waals surface area contributed by atoms with E-state index in [1.807, 2.05) is 34.9 Å². The SMILES string of the molecule is O=S1(=O)CCC(c2nnc(CBr)n2-c2ccccc2)C1. The van der Waals surface area contributed by atoms with E-state index in [2.05, 4.69) is 26.1 Å². The Morgan fingerprint density at radius 1 is 1.25 bits per heavy atom. The number of hydrogen-bond acceptors (Lipinski definition) is 4. The fourth-order valence-corrected chi connectivity index (χ4v) is 4.64. The molecule has 3 rings (SSSR count). The van der Waals surface area contributed by atoms with Gasteiger partial charge in [0, 0.05) is 11.6 Å². The average molecular weight is 356 g/mol. The van der Waals surface area contributed by atoms with Crippen LogP contribution in [0.1, 0.15) is 24.0 Å². The standard InChI is InChI=1S/C13H14BrN3O2S/c14-8-12-15-16-13(10-6-7-20(18,19)9-10)17(12)11-4-2-1-3-5-11/h1-5,10H,6-9H2. The van der Waals surface area contributed by atoms with Crippen LogP contribution in [-0.2, 0) is 15.2 Å². The van der Waals surface area contributed by atoms with E-state index in [-0.39, 0.29) is 17.4 Å². The number of sulfone groups is 1. The summed E-state index contributed by atoms with van der Waals surface area (Å²) in [5.41, 5.74) is 0.964. The van der Waals surface area contributed by atoms with Crippen LogP contribution in [0.5, 0.6) is 0 Å². The summed E-state index contributed by atoms with van der Waals surface area (Å²) in [7, 11) is -2.93. The number of nitrogens with zero attached hydrogens (tertiary/aromatic N) is 3. The lowest BCUT2D eigenvalue weighted by molar-refractivity contribution is 0.600. The molecule has 7 heteroatoms. The maximum Gasteiger partial charge on any atom is 0.151 e. The second kappa shape index (κ2) is 5.29. The van der Waals surface area contributed by atoms with Crippen LogP contribution >= 0.6 is 15.9 Å². The number of benzene rings is 1. The van der Waals surface area contributed by atoms with Crippen molar-refractivity contribution in [1.29, 1.82) is 0 Å². The van der Waals surface area contributed by atoms with Crippen LogP contribution < -0.4 is 0 Å². The Kier molecular flexibility index (Phi) is 3.64. The summed E-state index contributed by atoms with van der Waals surface area (Å²) in [6.07, 6.45) is 0.621. The molecule has 1 atom stereocenters. The largest absolute Gasteiger partial charge is 0.282 e. The van der Waals surface area contributed by atoms with Crippen LogP contribution in [0.15, 0.2) is 30.3 Å². The van der Waals surface area contributed by atoms with Crippen molar-refractivity contribution in [2.45, 2.75) is 17.7 Å². The summed E-state index contributed by atoms with van der Waals surface area (Å²) in [5.74, 6) is 1.87. The first kappa shape index (κ1) is 13.8. The minimum Gasteiger partial charge on any atom is -0.282 e. The van der Waals surface area contributed by atoms with Crippen LogP contribution in [0.3, 0.4) is 0 Å². The van der Waals surface area contributed by atoms with Gasteiger partial charge in [-0.1, -0.05) is 34.1 Å². The predicted molar refractivity (Wildman–Crippen MR) is 80.0 cm³/mol. The Hall–Kier alpha value is -1.21. The van der Waals surface area contributed by atoms with Crippen LogP contribution in [0.2, 0.25) is 0 Å². The molecule has 1 unspecified atom stereocenters. The third kappa shape index (κ3) is 2.52. The predicted octanol–water partition coefficient (Wildman–Crippen LogP) is 2.06. The van der Waals surface area contributed by atoms with Gasteiger partial charge in [-0.25, -0.2) is 8.42 Å². The Bertz CT molecular complexity index is 712. The maximum absolute atomic E-state index is 11.7. The zero-order valence-electron chi connectivity index (χ0n) is 10.7. The van der Waals surface area contributed by atoms with Crippen molar-refractivity contribution in [1.82, 2.24) is 14.8 Å². The highest BCUT2D eigenvalue weighted by atomic mass is 79.9. The fourth-order valence-electron chi connectivity index (χ4n) is 2.54. The van der Waals surface area contributed by atoms with E-state index in [0.29, 0.717) is 11.8 Å². The molecule has 1 aliphatic heterocycles. The third-order valence-corrected chi connectivity index (χ3v) is 5.76. The Balaban J connectivity index is 2.07. The molecule has 0 aliphatic carbocycles. The Morgan fingerprint density at radius 2 is 2.00 bits per heavy atom. The molecular formula is C13H14BrN3O2S. The summed E-state index contributed by atoms with van der Waals surface area (Å²) < 4.78 is 25.3. The highest BCUT2D eigenvalue weighted by molar-refractivity contribution is 9.08. The average Bonchev–Trinajstić information content (AvgIpc) is 3.02. The van der Waals surface area contributed by atoms with Crippen molar-refractivity contribution >= 4 is 25.8 Å². The zero-order chi connectivity index (χ0) is 14.2. The normalized spacial score (nSPS) is 21.1. The molecule has 2 aromatic rings. The van der Waals surface area contributed by atoms with Gasteiger partial charge < -0.3 is 0 Å². The molecular weight excluding hydrogens is 342 g/mol. The summed E-state index contributed by atoms with van der Waals surface area (Å²) >= 11 is 3.41. The molecule has 1 aromatic carbocycles. The minimum atomic E-state index is -2.93. The maximum atomic E-state index is 11.7. The Morgan fingerprint density at radius 3 is 2.60 bits per heavy atom. The van der Waals surface area contributed by atoms with E-state index >= 15 is 0 Å². The summed E-state index contributed by atoms with van der Waals surface area (Å²) in [4.78, 5) is 0. The van der Waals surface area contributed by atoms with Crippen molar-refractivity contribution in [3.05, 3.63) is 42.0 Å². The van der Waals surface area contributed by atoms with Gasteiger partial charge in [0.15, 0.2) is 9.84 Å². The Labute approximate surface area is 126 Å². The molecule has 5 nitrogen and oxygen atoms in total. The molecule has 0 spiro atoms. The first-order valence-electron chi connectivity index (χ1n) is 6.37. The van der Waals surface area contributed by atoms with E-state index in [1.54, 1.807) is 0 Å². The van der Waals surface area contributed by atoms with E-state index in [4.69, 9.17) is 0 Å². The molecule has 0 amide bonds. The van der Waals surface area contributed by atoms with Crippen LogP contribution in [-0.4, -0.2) is 34.7 Å². The lowest BCUT2D eigenvalue weighted by atomic mass is 10.1. The van der Waals surface area contributed by atoms with Gasteiger partial charge in [0.05, 0.1) is 16.8 Å². The molecule has 1 aliphatic rings. The molecule has 20 heavy (non-hydrogen) atoms. The minimum absolute atomic E-state index is 0.0690. The van der Waals surface area contributed by atoms with Crippen molar-refractivity contribution in [2.75, 3.05) is 11.5 Å². The van der Waals surface area contributed by atoms with Crippen molar-refractivity contribution < 1.29 is 8.42 Å². The molecule has 1 saturated heterocycles. The van der Waals surface area contributed by atoms with Crippen molar-refractivity contribution in [3.8, 4) is 5.69 Å². The van der Waals surface area contributed by atoms with Crippen molar-refractivity contribution in [2.24, 2.45) is 0 Å². The van der Waals surface area contributed by atoms with Gasteiger partial charge in [-0.2, -0.15) is 0 Å². The topological polar surface area (TPSA) is 64.8 Å². The fraction of sp³-hybridized carbons (Fsp3) is 0.385. The zero-order valence-corrected chi connectivity index (χ0v) is 13.1. The van der Waals surface area contributed by atoms with E-state index in [9.17, 15) is 8.42 Å². The molecule has 0 N–H and O–H groups in total. The first-order chi connectivity index (χ1) is 9.61. The first-order valence-corrected chi connectivity index (χ1v) is 9.31. The lowest BCUT2D eigenvalue weighted by Crippen LogP contribution is -2.11. The lowest BCUT2D eigenvalue weighted by Gasteiger charge is -2.12. The van der Waals surface area contributed by atoms with E-state index in [0.717, 1.165) is 17.3 Å². The second-order valence-electron chi connectivity index (χ2n) is 4.88. The molecule has 0 bridgehead atoms. The van der Waals surface area contributed by atoms with Gasteiger partial charge >= 0.3 is 0 Å². The van der Waals surface area contributed by atoms with Gasteiger partial charge in [-0.15, -0.1) is 10.2 Å². The number of halogens is 1. The molecule has 1 aromatic heterocycles. The van der Waals surface area contributed by atoms with E-state index < -0.39 is 9.84 Å². The number of rotatable bonds is 3. The number of aromatic nitrogens is 3. The van der Waals surface area contributed by atoms with Gasteiger partial charge in [0.2, 0.25) is 0 Å². The third-order valence-electron chi connectivity index (χ3n) is 3.49. The van der Waals surface area contributed by atoms with Gasteiger partial charge in [-0.3, -0.25) is 4.57 Å². The monoisotopic (exact) mass is 355 g/mol. The van der Waals surface area contributed by atoms with Crippen molar-refractivity contribution in [3.63, 3.8) is 0 Å². The second-order valence-corrected chi connectivity index (χ2v) is 7.67. The summed E-state index contributed by atoms with van der Waals surface area (Å²) in [6.45, 7) is 0. The molecule has 0 saturated carbocycles. The van der Waals surface area contributed by atoms with Gasteiger partial charge in [0.1, 0.15) is 11.6 Å². The smallest absolute Gasteiger partial charge is 0.151 e. The van der Waals surface area contributed by atoms with Crippen LogP contribution in [0, 0.1) is 0 Å². The van der Waals surface area contributed by atoms with Gasteiger partial charge in [0.25, 0.3) is 0 Å². The summed E-state index contributed by atoms with van der Waals surface area (Å²) in [5, 5.41) is 8.98. The molecule has 0 radical (unpaired) electrons. The molecule has 2 heterocycles. The van der Waals surface area contributed by atoms with E-state index in [1.165, 1.54) is 0 Å². The van der Waals surface area contributed by atoms with Crippen LogP contribution in [0.25, 0.3) is 5.69 Å². The van der Waals surface area contributed by atoms with Crippen LogP contribution in [0.4, 0.5) is 0 Å². The molecule has 106 valence electrons. The summed E-state index contributed by atoms with van der Waals surface area (Å²) in [6, 6.07) is 9.79. The van der Waals surface area contributed by atoms with Gasteiger partial charge in [-0.05, 0) is 18.6 Å². The highest BCUT2D eigenvalue weighted by Crippen LogP contribution is 2.30. The quantitative estimate of drug-likeness (QED) is 0.790.